The van der Waals surface area contributed by atoms with Crippen molar-refractivity contribution in [1.29, 1.82) is 0 Å². The summed E-state index contributed by atoms with van der Waals surface area (Å²) in [6, 6.07) is 8.26. The van der Waals surface area contributed by atoms with Gasteiger partial charge in [0.25, 0.3) is 5.69 Å². The van der Waals surface area contributed by atoms with Crippen LogP contribution in [0, 0.1) is 36.7 Å². The third-order valence-electron chi connectivity index (χ3n) is 3.41. The van der Waals surface area contributed by atoms with Gasteiger partial charge in [0.05, 0.1) is 4.92 Å². The second kappa shape index (κ2) is 5.91. The first-order valence-electron chi connectivity index (χ1n) is 6.63. The lowest BCUT2D eigenvalue weighted by molar-refractivity contribution is -0.384. The summed E-state index contributed by atoms with van der Waals surface area (Å²) in [6.07, 6.45) is 0. The normalized spacial score (nSPS) is 10.5. The van der Waals surface area contributed by atoms with Crippen molar-refractivity contribution in [3.8, 4) is 0 Å². The van der Waals surface area contributed by atoms with Crippen LogP contribution in [0.25, 0.3) is 0 Å². The highest BCUT2D eigenvalue weighted by atomic mass is 19.1. The molecule has 110 valence electrons. The van der Waals surface area contributed by atoms with E-state index >= 15 is 0 Å². The standard InChI is InChI=1S/C16H17FN2O2/c1-10-4-5-14(19(20)21)8-15(10)18-9-13-6-11(2)16(17)12(3)7-13/h4-8,18H,9H2,1-3H3. The molecule has 0 saturated carbocycles. The van der Waals surface area contributed by atoms with Crippen molar-refractivity contribution < 1.29 is 9.31 Å². The van der Waals surface area contributed by atoms with Gasteiger partial charge in [0.15, 0.2) is 0 Å². The van der Waals surface area contributed by atoms with Crippen LogP contribution in [0.5, 0.6) is 0 Å². The SMILES string of the molecule is Cc1ccc([N+](=O)[O-])cc1NCc1cc(C)c(F)c(C)c1. The molecule has 0 spiro atoms. The van der Waals surface area contributed by atoms with Crippen molar-refractivity contribution in [2.45, 2.75) is 27.3 Å². The lowest BCUT2D eigenvalue weighted by atomic mass is 10.1. The number of nitrogens with zero attached hydrogens (tertiary/aromatic N) is 1. The van der Waals surface area contributed by atoms with E-state index < -0.39 is 4.92 Å². The number of rotatable bonds is 4. The number of hydrogen-bond donors (Lipinski definition) is 1. The molecule has 0 saturated heterocycles. The predicted molar refractivity (Wildman–Crippen MR) is 81.0 cm³/mol. The molecule has 4 nitrogen and oxygen atoms in total. The van der Waals surface area contributed by atoms with Gasteiger partial charge in [0.2, 0.25) is 0 Å². The summed E-state index contributed by atoms with van der Waals surface area (Å²) in [5, 5.41) is 14.0. The highest BCUT2D eigenvalue weighted by Gasteiger charge is 2.09. The molecule has 2 aromatic carbocycles. The molecule has 0 aliphatic carbocycles. The second-order valence-electron chi connectivity index (χ2n) is 5.15. The Hall–Kier alpha value is -2.43. The Kier molecular flexibility index (Phi) is 4.21. The van der Waals surface area contributed by atoms with Crippen LogP contribution in [0.1, 0.15) is 22.3 Å². The van der Waals surface area contributed by atoms with Gasteiger partial charge in [-0.15, -0.1) is 0 Å². The Balaban J connectivity index is 2.20. The number of halogens is 1. The molecule has 0 aromatic heterocycles. The molecule has 0 atom stereocenters. The first-order chi connectivity index (χ1) is 9.88. The van der Waals surface area contributed by atoms with Gasteiger partial charge < -0.3 is 5.32 Å². The summed E-state index contributed by atoms with van der Waals surface area (Å²) < 4.78 is 13.6. The fourth-order valence-corrected chi connectivity index (χ4v) is 2.25. The van der Waals surface area contributed by atoms with Crippen molar-refractivity contribution in [3.63, 3.8) is 0 Å². The summed E-state index contributed by atoms with van der Waals surface area (Å²) in [5.74, 6) is -0.190. The number of benzene rings is 2. The first-order valence-corrected chi connectivity index (χ1v) is 6.63. The second-order valence-corrected chi connectivity index (χ2v) is 5.15. The van der Waals surface area contributed by atoms with Crippen molar-refractivity contribution >= 4 is 11.4 Å². The van der Waals surface area contributed by atoms with Gasteiger partial charge in [-0.2, -0.15) is 0 Å². The fraction of sp³-hybridized carbons (Fsp3) is 0.250. The Morgan fingerprint density at radius 2 is 1.71 bits per heavy atom. The monoisotopic (exact) mass is 288 g/mol. The van der Waals surface area contributed by atoms with E-state index in [0.29, 0.717) is 23.4 Å². The lowest BCUT2D eigenvalue weighted by Crippen LogP contribution is -2.03. The van der Waals surface area contributed by atoms with Gasteiger partial charge in [-0.1, -0.05) is 18.2 Å². The maximum absolute atomic E-state index is 13.6. The van der Waals surface area contributed by atoms with Crippen LogP contribution in [0.4, 0.5) is 15.8 Å². The molecule has 0 aliphatic heterocycles. The van der Waals surface area contributed by atoms with E-state index in [0.717, 1.165) is 11.1 Å². The van der Waals surface area contributed by atoms with E-state index in [1.54, 1.807) is 32.0 Å². The van der Waals surface area contributed by atoms with Crippen molar-refractivity contribution in [2.24, 2.45) is 0 Å². The van der Waals surface area contributed by atoms with Gasteiger partial charge in [-0.3, -0.25) is 10.1 Å². The Morgan fingerprint density at radius 1 is 1.10 bits per heavy atom. The largest absolute Gasteiger partial charge is 0.381 e. The van der Waals surface area contributed by atoms with Crippen molar-refractivity contribution in [3.05, 3.63) is 68.5 Å². The van der Waals surface area contributed by atoms with Crippen LogP contribution >= 0.6 is 0 Å². The van der Waals surface area contributed by atoms with Crippen molar-refractivity contribution in [2.75, 3.05) is 5.32 Å². The molecule has 1 N–H and O–H groups in total. The van der Waals surface area contributed by atoms with Crippen LogP contribution < -0.4 is 5.32 Å². The maximum Gasteiger partial charge on any atom is 0.271 e. The molecule has 0 amide bonds. The summed E-state index contributed by atoms with van der Waals surface area (Å²) in [4.78, 5) is 10.4. The number of aryl methyl sites for hydroxylation is 3. The Morgan fingerprint density at radius 3 is 2.29 bits per heavy atom. The molecule has 5 heteroatoms. The van der Waals surface area contributed by atoms with Crippen LogP contribution in [0.15, 0.2) is 30.3 Å². The first kappa shape index (κ1) is 15.0. The highest BCUT2D eigenvalue weighted by Crippen LogP contribution is 2.23. The molecule has 0 heterocycles. The molecule has 0 bridgehead atoms. The van der Waals surface area contributed by atoms with Gasteiger partial charge in [0, 0.05) is 24.4 Å². The van der Waals surface area contributed by atoms with E-state index in [-0.39, 0.29) is 11.5 Å². The number of nitro groups is 1. The smallest absolute Gasteiger partial charge is 0.271 e. The van der Waals surface area contributed by atoms with E-state index in [1.807, 2.05) is 6.92 Å². The molecule has 0 unspecified atom stereocenters. The quantitative estimate of drug-likeness (QED) is 0.675. The number of nitro benzene ring substituents is 1. The third-order valence-corrected chi connectivity index (χ3v) is 3.41. The Bertz CT molecular complexity index is 676. The molecular weight excluding hydrogens is 271 g/mol. The minimum Gasteiger partial charge on any atom is -0.381 e. The molecule has 2 rings (SSSR count). The third kappa shape index (κ3) is 3.37. The minimum atomic E-state index is -0.420. The predicted octanol–water partition coefficient (Wildman–Crippen LogP) is 4.27. The van der Waals surface area contributed by atoms with Crippen molar-refractivity contribution in [1.82, 2.24) is 0 Å². The van der Waals surface area contributed by atoms with Gasteiger partial charge >= 0.3 is 0 Å². The van der Waals surface area contributed by atoms with Crippen LogP contribution in [-0.2, 0) is 6.54 Å². The highest BCUT2D eigenvalue weighted by molar-refractivity contribution is 5.57. The van der Waals surface area contributed by atoms with E-state index in [9.17, 15) is 14.5 Å². The van der Waals surface area contributed by atoms with E-state index in [1.165, 1.54) is 12.1 Å². The molecule has 21 heavy (non-hydrogen) atoms. The average Bonchev–Trinajstić information content (AvgIpc) is 2.43. The topological polar surface area (TPSA) is 55.2 Å². The summed E-state index contributed by atoms with van der Waals surface area (Å²) in [6.45, 7) is 5.83. The maximum atomic E-state index is 13.6. The average molecular weight is 288 g/mol. The molecular formula is C16H17FN2O2. The number of non-ortho nitro benzene ring substituents is 1. The Labute approximate surface area is 122 Å². The summed E-state index contributed by atoms with van der Waals surface area (Å²) in [5.41, 5.74) is 3.83. The molecule has 0 radical (unpaired) electrons. The zero-order chi connectivity index (χ0) is 15.6. The number of anilines is 1. The molecule has 0 aliphatic rings. The number of nitrogens with one attached hydrogen (secondary N) is 1. The zero-order valence-corrected chi connectivity index (χ0v) is 12.2. The molecule has 0 fully saturated rings. The molecule has 2 aromatic rings. The van der Waals surface area contributed by atoms with Gasteiger partial charge in [-0.25, -0.2) is 4.39 Å². The van der Waals surface area contributed by atoms with E-state index in [2.05, 4.69) is 5.32 Å². The summed E-state index contributed by atoms with van der Waals surface area (Å²) in [7, 11) is 0. The minimum absolute atomic E-state index is 0.0505. The summed E-state index contributed by atoms with van der Waals surface area (Å²) >= 11 is 0. The fourth-order valence-electron chi connectivity index (χ4n) is 2.25. The van der Waals surface area contributed by atoms with Gasteiger partial charge in [-0.05, 0) is 43.0 Å². The lowest BCUT2D eigenvalue weighted by Gasteiger charge is -2.11. The van der Waals surface area contributed by atoms with Crippen LogP contribution in [-0.4, -0.2) is 4.92 Å². The zero-order valence-electron chi connectivity index (χ0n) is 12.2. The van der Waals surface area contributed by atoms with Crippen LogP contribution in [0.2, 0.25) is 0 Å². The number of hydrogen-bond acceptors (Lipinski definition) is 3. The van der Waals surface area contributed by atoms with Crippen LogP contribution in [0.3, 0.4) is 0 Å². The van der Waals surface area contributed by atoms with E-state index in [4.69, 9.17) is 0 Å². The van der Waals surface area contributed by atoms with Gasteiger partial charge in [0.1, 0.15) is 5.82 Å².